The number of carbonyl (C=O) groups is 1. The highest BCUT2D eigenvalue weighted by Crippen LogP contribution is 2.39. The van der Waals surface area contributed by atoms with Gasteiger partial charge in [-0.1, -0.05) is 12.1 Å². The van der Waals surface area contributed by atoms with Crippen molar-refractivity contribution in [3.63, 3.8) is 0 Å². The predicted molar refractivity (Wildman–Crippen MR) is 60.9 cm³/mol. The quantitative estimate of drug-likeness (QED) is 0.779. The maximum absolute atomic E-state index is 13.3. The molecule has 1 saturated heterocycles. The van der Waals surface area contributed by atoms with Crippen molar-refractivity contribution < 1.29 is 23.0 Å². The monoisotopic (exact) mass is 256 g/mol. The number of carbonyl (C=O) groups excluding carboxylic acids is 1. The molecule has 1 aliphatic rings. The molecule has 0 spiro atoms. The molecular formula is C13H14F2O3. The molecule has 98 valence electrons. The normalized spacial score (nSPS) is 23.3. The molecule has 0 saturated carbocycles. The number of esters is 1. The molecule has 1 aromatic carbocycles. The van der Waals surface area contributed by atoms with Gasteiger partial charge in [0.2, 0.25) is 6.43 Å². The first-order valence-corrected chi connectivity index (χ1v) is 5.65. The molecule has 18 heavy (non-hydrogen) atoms. The molecule has 0 bridgehead atoms. The lowest BCUT2D eigenvalue weighted by molar-refractivity contribution is 0.0387. The summed E-state index contributed by atoms with van der Waals surface area (Å²) in [6.45, 7) is 0.294. The zero-order valence-corrected chi connectivity index (χ0v) is 9.99. The number of hydrogen-bond acceptors (Lipinski definition) is 3. The fraction of sp³-hybridized carbons (Fsp3) is 0.462. The first-order chi connectivity index (χ1) is 8.60. The van der Waals surface area contributed by atoms with Gasteiger partial charge in [0.25, 0.3) is 0 Å². The summed E-state index contributed by atoms with van der Waals surface area (Å²) in [6.07, 6.45) is -2.26. The minimum Gasteiger partial charge on any atom is -0.465 e. The van der Waals surface area contributed by atoms with E-state index in [9.17, 15) is 13.6 Å². The van der Waals surface area contributed by atoms with Crippen LogP contribution in [0.1, 0.15) is 22.3 Å². The molecule has 1 heterocycles. The van der Waals surface area contributed by atoms with Gasteiger partial charge in [0, 0.05) is 6.61 Å². The van der Waals surface area contributed by atoms with Gasteiger partial charge in [0.15, 0.2) is 0 Å². The van der Waals surface area contributed by atoms with E-state index < -0.39 is 17.8 Å². The van der Waals surface area contributed by atoms with Gasteiger partial charge in [0.05, 0.1) is 24.7 Å². The lowest BCUT2D eigenvalue weighted by atomic mass is 9.79. The number of ether oxygens (including phenoxy) is 2. The Morgan fingerprint density at radius 2 is 2.28 bits per heavy atom. The highest BCUT2D eigenvalue weighted by atomic mass is 19.3. The van der Waals surface area contributed by atoms with Crippen molar-refractivity contribution in [1.82, 2.24) is 0 Å². The second-order valence-corrected chi connectivity index (χ2v) is 4.33. The molecule has 1 aliphatic heterocycles. The highest BCUT2D eigenvalue weighted by molar-refractivity contribution is 5.89. The van der Waals surface area contributed by atoms with E-state index in [0.29, 0.717) is 12.2 Å². The number of rotatable bonds is 3. The molecule has 5 heteroatoms. The van der Waals surface area contributed by atoms with Gasteiger partial charge in [-0.15, -0.1) is 0 Å². The Hall–Kier alpha value is -1.49. The van der Waals surface area contributed by atoms with Crippen molar-refractivity contribution in [2.75, 3.05) is 20.3 Å². The van der Waals surface area contributed by atoms with Gasteiger partial charge < -0.3 is 9.47 Å². The number of alkyl halides is 2. The van der Waals surface area contributed by atoms with E-state index in [2.05, 4.69) is 4.74 Å². The topological polar surface area (TPSA) is 35.5 Å². The zero-order chi connectivity index (χ0) is 13.2. The van der Waals surface area contributed by atoms with Crippen LogP contribution in [0.15, 0.2) is 24.3 Å². The highest BCUT2D eigenvalue weighted by Gasteiger charge is 2.45. The summed E-state index contributed by atoms with van der Waals surface area (Å²) >= 11 is 0. The van der Waals surface area contributed by atoms with Gasteiger partial charge in [-0.3, -0.25) is 0 Å². The molecule has 0 radical (unpaired) electrons. The Morgan fingerprint density at radius 1 is 1.50 bits per heavy atom. The van der Waals surface area contributed by atoms with E-state index in [4.69, 9.17) is 4.74 Å². The smallest absolute Gasteiger partial charge is 0.337 e. The predicted octanol–water partition coefficient (Wildman–Crippen LogP) is 2.40. The molecule has 0 aliphatic carbocycles. The van der Waals surface area contributed by atoms with Crippen LogP contribution in [0, 0.1) is 0 Å². The van der Waals surface area contributed by atoms with Crippen LogP contribution in [0.2, 0.25) is 0 Å². The summed E-state index contributed by atoms with van der Waals surface area (Å²) in [4.78, 5) is 11.4. The number of hydrogen-bond donors (Lipinski definition) is 0. The summed E-state index contributed by atoms with van der Waals surface area (Å²) in [5, 5.41) is 0. The van der Waals surface area contributed by atoms with Crippen LogP contribution in [0.4, 0.5) is 8.78 Å². The van der Waals surface area contributed by atoms with Gasteiger partial charge in [-0.05, 0) is 24.1 Å². The van der Waals surface area contributed by atoms with Crippen LogP contribution in [-0.2, 0) is 14.9 Å². The summed E-state index contributed by atoms with van der Waals surface area (Å²) < 4.78 is 36.3. The molecular weight excluding hydrogens is 242 g/mol. The van der Waals surface area contributed by atoms with Crippen molar-refractivity contribution in [3.05, 3.63) is 35.4 Å². The lowest BCUT2D eigenvalue weighted by Gasteiger charge is -2.27. The third kappa shape index (κ3) is 2.10. The van der Waals surface area contributed by atoms with E-state index in [-0.39, 0.29) is 18.6 Å². The average molecular weight is 256 g/mol. The molecule has 1 aromatic rings. The second-order valence-electron chi connectivity index (χ2n) is 4.33. The molecule has 1 unspecified atom stereocenters. The minimum atomic E-state index is -2.52. The summed E-state index contributed by atoms with van der Waals surface area (Å²) in [7, 11) is 1.26. The number of halogens is 2. The van der Waals surface area contributed by atoms with Gasteiger partial charge in [-0.25, -0.2) is 13.6 Å². The van der Waals surface area contributed by atoms with Gasteiger partial charge >= 0.3 is 5.97 Å². The SMILES string of the molecule is COC(=O)c1cccc(C2(C(F)F)CCOC2)c1. The Morgan fingerprint density at radius 3 is 2.83 bits per heavy atom. The van der Waals surface area contributed by atoms with Gasteiger partial charge in [-0.2, -0.15) is 0 Å². The summed E-state index contributed by atoms with van der Waals surface area (Å²) in [5.41, 5.74) is -0.593. The summed E-state index contributed by atoms with van der Waals surface area (Å²) in [6, 6.07) is 6.20. The maximum atomic E-state index is 13.3. The second kappa shape index (κ2) is 5.02. The van der Waals surface area contributed by atoms with Crippen LogP contribution in [0.5, 0.6) is 0 Å². The standard InChI is InChI=1S/C13H14F2O3/c1-17-11(16)9-3-2-4-10(7-9)13(12(14)15)5-6-18-8-13/h2-4,7,12H,5-6,8H2,1H3. The van der Waals surface area contributed by atoms with Crippen molar-refractivity contribution in [2.24, 2.45) is 0 Å². The molecule has 3 nitrogen and oxygen atoms in total. The molecule has 1 fully saturated rings. The van der Waals surface area contributed by atoms with Crippen LogP contribution in [0.25, 0.3) is 0 Å². The van der Waals surface area contributed by atoms with Crippen LogP contribution < -0.4 is 0 Å². The molecule has 0 amide bonds. The van der Waals surface area contributed by atoms with Crippen molar-refractivity contribution in [2.45, 2.75) is 18.3 Å². The average Bonchev–Trinajstić information content (AvgIpc) is 2.88. The van der Waals surface area contributed by atoms with Crippen molar-refractivity contribution in [3.8, 4) is 0 Å². The van der Waals surface area contributed by atoms with Crippen molar-refractivity contribution in [1.29, 1.82) is 0 Å². The van der Waals surface area contributed by atoms with E-state index in [1.165, 1.54) is 13.2 Å². The van der Waals surface area contributed by atoms with Crippen LogP contribution in [-0.4, -0.2) is 32.7 Å². The first-order valence-electron chi connectivity index (χ1n) is 5.65. The Labute approximate surface area is 104 Å². The third-order valence-electron chi connectivity index (χ3n) is 3.33. The fourth-order valence-corrected chi connectivity index (χ4v) is 2.18. The Bertz CT molecular complexity index is 440. The van der Waals surface area contributed by atoms with Crippen LogP contribution >= 0.6 is 0 Å². The molecule has 2 rings (SSSR count). The molecule has 0 N–H and O–H groups in total. The van der Waals surface area contributed by atoms with E-state index >= 15 is 0 Å². The lowest BCUT2D eigenvalue weighted by Crippen LogP contribution is -2.35. The zero-order valence-electron chi connectivity index (χ0n) is 9.99. The van der Waals surface area contributed by atoms with Crippen molar-refractivity contribution >= 4 is 5.97 Å². The third-order valence-corrected chi connectivity index (χ3v) is 3.33. The number of methoxy groups -OCH3 is 1. The van der Waals surface area contributed by atoms with E-state index in [0.717, 1.165) is 0 Å². The molecule has 0 aromatic heterocycles. The minimum absolute atomic E-state index is 0.0186. The largest absolute Gasteiger partial charge is 0.465 e. The van der Waals surface area contributed by atoms with E-state index in [1.54, 1.807) is 18.2 Å². The Kier molecular flexibility index (Phi) is 3.61. The van der Waals surface area contributed by atoms with E-state index in [1.807, 2.05) is 0 Å². The Balaban J connectivity index is 2.40. The molecule has 1 atom stereocenters. The summed E-state index contributed by atoms with van der Waals surface area (Å²) in [5.74, 6) is -0.528. The van der Waals surface area contributed by atoms with Gasteiger partial charge in [0.1, 0.15) is 0 Å². The maximum Gasteiger partial charge on any atom is 0.337 e. The first kappa shape index (κ1) is 13.0. The van der Waals surface area contributed by atoms with Crippen LogP contribution in [0.3, 0.4) is 0 Å². The fourth-order valence-electron chi connectivity index (χ4n) is 2.18. The number of benzene rings is 1.